The lowest BCUT2D eigenvalue weighted by molar-refractivity contribution is -0.136. The molecule has 0 unspecified atom stereocenters. The average molecular weight is 241 g/mol. The molecule has 0 radical (unpaired) electrons. The number of ketones is 1. The van der Waals surface area contributed by atoms with Gasteiger partial charge in [-0.05, 0) is 22.8 Å². The van der Waals surface area contributed by atoms with Crippen LogP contribution in [0.3, 0.4) is 0 Å². The molecule has 0 spiro atoms. The van der Waals surface area contributed by atoms with Gasteiger partial charge < -0.3 is 5.32 Å². The Kier molecular flexibility index (Phi) is 3.72. The second-order valence-corrected chi connectivity index (χ2v) is 4.20. The van der Waals surface area contributed by atoms with Crippen LogP contribution in [-0.2, 0) is 16.0 Å². The predicted octanol–water partition coefficient (Wildman–Crippen LogP) is 2.09. The zero-order chi connectivity index (χ0) is 13.0. The van der Waals surface area contributed by atoms with Crippen LogP contribution in [0.5, 0.6) is 0 Å². The molecule has 3 nitrogen and oxygen atoms in total. The van der Waals surface area contributed by atoms with Crippen molar-refractivity contribution in [1.29, 1.82) is 0 Å². The fourth-order valence-electron chi connectivity index (χ4n) is 1.95. The third-order valence-corrected chi connectivity index (χ3v) is 2.88. The maximum Gasteiger partial charge on any atom is 0.287 e. The Balaban J connectivity index is 2.08. The molecule has 0 fully saturated rings. The fraction of sp³-hybridized carbons (Fsp3) is 0.200. The van der Waals surface area contributed by atoms with E-state index in [1.807, 2.05) is 24.3 Å². The summed E-state index contributed by atoms with van der Waals surface area (Å²) in [5, 5.41) is 4.99. The molecule has 0 saturated heterocycles. The number of rotatable bonds is 4. The highest BCUT2D eigenvalue weighted by Gasteiger charge is 2.06. The van der Waals surface area contributed by atoms with Crippen molar-refractivity contribution in [2.45, 2.75) is 13.3 Å². The van der Waals surface area contributed by atoms with Gasteiger partial charge in [0.2, 0.25) is 5.78 Å². The topological polar surface area (TPSA) is 46.2 Å². The highest BCUT2D eigenvalue weighted by Crippen LogP contribution is 2.18. The number of benzene rings is 2. The molecule has 0 bridgehead atoms. The molecule has 0 aliphatic carbocycles. The lowest BCUT2D eigenvalue weighted by Gasteiger charge is -2.07. The highest BCUT2D eigenvalue weighted by atomic mass is 16.2. The Morgan fingerprint density at radius 2 is 1.78 bits per heavy atom. The number of carbonyl (C=O) groups excluding carboxylic acids is 2. The Morgan fingerprint density at radius 1 is 1.06 bits per heavy atom. The van der Waals surface area contributed by atoms with Crippen LogP contribution in [0, 0.1) is 0 Å². The number of hydrogen-bond acceptors (Lipinski definition) is 2. The first-order valence-electron chi connectivity index (χ1n) is 5.94. The van der Waals surface area contributed by atoms with Gasteiger partial charge in [0.15, 0.2) is 0 Å². The molecule has 0 atom stereocenters. The summed E-state index contributed by atoms with van der Waals surface area (Å²) in [6, 6.07) is 14.2. The van der Waals surface area contributed by atoms with Gasteiger partial charge in [-0.15, -0.1) is 0 Å². The lowest BCUT2D eigenvalue weighted by Crippen LogP contribution is -2.30. The summed E-state index contributed by atoms with van der Waals surface area (Å²) in [5.74, 6) is -0.969. The van der Waals surface area contributed by atoms with Gasteiger partial charge in [0.05, 0.1) is 0 Å². The summed E-state index contributed by atoms with van der Waals surface area (Å²) < 4.78 is 0. The zero-order valence-electron chi connectivity index (χ0n) is 10.3. The van der Waals surface area contributed by atoms with E-state index in [1.165, 1.54) is 23.3 Å². The van der Waals surface area contributed by atoms with Crippen molar-refractivity contribution in [3.63, 3.8) is 0 Å². The van der Waals surface area contributed by atoms with Gasteiger partial charge in [0.25, 0.3) is 5.91 Å². The van der Waals surface area contributed by atoms with E-state index in [9.17, 15) is 9.59 Å². The molecule has 2 aromatic rings. The molecule has 0 aliphatic rings. The van der Waals surface area contributed by atoms with Crippen molar-refractivity contribution in [2.75, 3.05) is 6.54 Å². The number of amides is 1. The first-order chi connectivity index (χ1) is 8.68. The van der Waals surface area contributed by atoms with Gasteiger partial charge in [0.1, 0.15) is 0 Å². The van der Waals surface area contributed by atoms with E-state index in [-0.39, 0.29) is 0 Å². The average Bonchev–Trinajstić information content (AvgIpc) is 2.38. The van der Waals surface area contributed by atoms with Crippen LogP contribution in [-0.4, -0.2) is 18.2 Å². The predicted molar refractivity (Wildman–Crippen MR) is 71.3 cm³/mol. The molecule has 1 amide bonds. The van der Waals surface area contributed by atoms with E-state index in [0.29, 0.717) is 6.54 Å². The zero-order valence-corrected chi connectivity index (χ0v) is 10.3. The van der Waals surface area contributed by atoms with Gasteiger partial charge in [-0.1, -0.05) is 42.5 Å². The summed E-state index contributed by atoms with van der Waals surface area (Å²) in [6.45, 7) is 1.75. The molecule has 1 N–H and O–H groups in total. The minimum atomic E-state index is -0.518. The van der Waals surface area contributed by atoms with Crippen LogP contribution < -0.4 is 5.32 Å². The quantitative estimate of drug-likeness (QED) is 0.833. The van der Waals surface area contributed by atoms with E-state index in [1.54, 1.807) is 0 Å². The maximum atomic E-state index is 11.1. The van der Waals surface area contributed by atoms with Crippen LogP contribution in [0.2, 0.25) is 0 Å². The van der Waals surface area contributed by atoms with Gasteiger partial charge >= 0.3 is 0 Å². The normalized spacial score (nSPS) is 10.3. The van der Waals surface area contributed by atoms with E-state index in [2.05, 4.69) is 23.5 Å². The highest BCUT2D eigenvalue weighted by molar-refractivity contribution is 6.35. The van der Waals surface area contributed by atoms with E-state index in [0.717, 1.165) is 6.42 Å². The molecule has 3 heteroatoms. The van der Waals surface area contributed by atoms with Crippen LogP contribution in [0.25, 0.3) is 10.8 Å². The number of fused-ring (bicyclic) bond motifs is 1. The minimum Gasteiger partial charge on any atom is -0.349 e. The minimum absolute atomic E-state index is 0.451. The van der Waals surface area contributed by atoms with E-state index < -0.39 is 11.7 Å². The van der Waals surface area contributed by atoms with Gasteiger partial charge in [-0.25, -0.2) is 0 Å². The van der Waals surface area contributed by atoms with Crippen LogP contribution >= 0.6 is 0 Å². The van der Waals surface area contributed by atoms with Crippen molar-refractivity contribution in [1.82, 2.24) is 5.32 Å². The van der Waals surface area contributed by atoms with Crippen LogP contribution in [0.4, 0.5) is 0 Å². The first-order valence-corrected chi connectivity index (χ1v) is 5.94. The summed E-state index contributed by atoms with van der Waals surface area (Å²) >= 11 is 0. The Hall–Kier alpha value is -2.16. The molecule has 0 saturated carbocycles. The smallest absolute Gasteiger partial charge is 0.287 e. The SMILES string of the molecule is CC(=O)C(=O)NCCc1cccc2ccccc12. The van der Waals surface area contributed by atoms with Crippen LogP contribution in [0.1, 0.15) is 12.5 Å². The standard InChI is InChI=1S/C15H15NO2/c1-11(17)15(18)16-10-9-13-7-4-6-12-5-2-3-8-14(12)13/h2-8H,9-10H2,1H3,(H,16,18). The molecule has 0 heterocycles. The summed E-state index contributed by atoms with van der Waals surface area (Å²) in [6.07, 6.45) is 0.723. The Labute approximate surface area is 106 Å². The number of hydrogen-bond donors (Lipinski definition) is 1. The first kappa shape index (κ1) is 12.3. The Morgan fingerprint density at radius 3 is 2.56 bits per heavy atom. The molecule has 2 rings (SSSR count). The second-order valence-electron chi connectivity index (χ2n) is 4.20. The van der Waals surface area contributed by atoms with Crippen LogP contribution in [0.15, 0.2) is 42.5 Å². The maximum absolute atomic E-state index is 11.1. The van der Waals surface area contributed by atoms with Gasteiger partial charge in [0, 0.05) is 13.5 Å². The van der Waals surface area contributed by atoms with Crippen molar-refractivity contribution in [3.8, 4) is 0 Å². The van der Waals surface area contributed by atoms with Crippen molar-refractivity contribution < 1.29 is 9.59 Å². The second kappa shape index (κ2) is 5.45. The number of Topliss-reactive ketones (excluding diaryl/α,β-unsaturated/α-hetero) is 1. The third-order valence-electron chi connectivity index (χ3n) is 2.88. The Bertz CT molecular complexity index is 585. The largest absolute Gasteiger partial charge is 0.349 e. The van der Waals surface area contributed by atoms with E-state index in [4.69, 9.17) is 0 Å². The summed E-state index contributed by atoms with van der Waals surface area (Å²) in [5.41, 5.74) is 1.18. The van der Waals surface area contributed by atoms with Crippen molar-refractivity contribution in [2.24, 2.45) is 0 Å². The molecule has 2 aromatic carbocycles. The number of carbonyl (C=O) groups is 2. The van der Waals surface area contributed by atoms with E-state index >= 15 is 0 Å². The van der Waals surface area contributed by atoms with Gasteiger partial charge in [-0.3, -0.25) is 9.59 Å². The monoisotopic (exact) mass is 241 g/mol. The molecule has 0 aliphatic heterocycles. The third kappa shape index (κ3) is 2.74. The molecule has 92 valence electrons. The molecule has 18 heavy (non-hydrogen) atoms. The van der Waals surface area contributed by atoms with Crippen molar-refractivity contribution in [3.05, 3.63) is 48.0 Å². The fourth-order valence-corrected chi connectivity index (χ4v) is 1.95. The van der Waals surface area contributed by atoms with Crippen molar-refractivity contribution >= 4 is 22.5 Å². The molecular formula is C15H15NO2. The molecule has 0 aromatic heterocycles. The number of nitrogens with one attached hydrogen (secondary N) is 1. The lowest BCUT2D eigenvalue weighted by atomic mass is 10.0. The summed E-state index contributed by atoms with van der Waals surface area (Å²) in [7, 11) is 0. The molecular weight excluding hydrogens is 226 g/mol. The van der Waals surface area contributed by atoms with Gasteiger partial charge in [-0.2, -0.15) is 0 Å². The summed E-state index contributed by atoms with van der Waals surface area (Å²) in [4.78, 5) is 21.9.